The lowest BCUT2D eigenvalue weighted by Crippen LogP contribution is -2.05. The number of hydrogen-bond acceptors (Lipinski definition) is 4. The van der Waals surface area contributed by atoms with Gasteiger partial charge in [0.1, 0.15) is 6.61 Å². The van der Waals surface area contributed by atoms with Gasteiger partial charge in [0.25, 0.3) is 0 Å². The van der Waals surface area contributed by atoms with E-state index in [1.165, 1.54) is 18.3 Å². The van der Waals surface area contributed by atoms with Crippen molar-refractivity contribution in [2.75, 3.05) is 0 Å². The molecule has 3 rings (SSSR count). The van der Waals surface area contributed by atoms with E-state index in [1.807, 2.05) is 12.1 Å². The number of nitrogens with zero attached hydrogens (tertiary/aromatic N) is 1. The molecule has 0 spiro atoms. The summed E-state index contributed by atoms with van der Waals surface area (Å²) in [4.78, 5) is 16.9. The molecular weight excluding hydrogens is 339 g/mol. The smallest absolute Gasteiger partial charge is 0.391 e. The molecule has 3 nitrogen and oxygen atoms in total. The fourth-order valence-electron chi connectivity index (χ4n) is 2.33. The average Bonchev–Trinajstić information content (AvgIpc) is 2.88. The van der Waals surface area contributed by atoms with Gasteiger partial charge in [-0.3, -0.25) is 4.79 Å². The Morgan fingerprint density at radius 3 is 2.75 bits per heavy atom. The Morgan fingerprint density at radius 2 is 1.96 bits per heavy atom. The molecule has 0 N–H and O–H groups in total. The van der Waals surface area contributed by atoms with Crippen molar-refractivity contribution in [3.8, 4) is 0 Å². The summed E-state index contributed by atoms with van der Waals surface area (Å²) >= 11 is 1.13. The molecule has 0 bridgehead atoms. The van der Waals surface area contributed by atoms with Crippen LogP contribution in [0.15, 0.2) is 53.7 Å². The van der Waals surface area contributed by atoms with Crippen LogP contribution in [0.3, 0.4) is 0 Å². The Hall–Kier alpha value is -2.28. The molecule has 0 saturated heterocycles. The first-order valence-corrected chi connectivity index (χ1v) is 7.94. The molecular formula is C17H12F3NO2S. The van der Waals surface area contributed by atoms with Crippen LogP contribution < -0.4 is 0 Å². The summed E-state index contributed by atoms with van der Waals surface area (Å²) in [5.41, 5.74) is 1.16. The monoisotopic (exact) mass is 351 g/mol. The van der Waals surface area contributed by atoms with Crippen LogP contribution in [0.5, 0.6) is 0 Å². The molecule has 1 heterocycles. The quantitative estimate of drug-likeness (QED) is 0.585. The predicted octanol–water partition coefficient (Wildman–Crippen LogP) is 4.84. The first-order valence-electron chi connectivity index (χ1n) is 7.06. The number of rotatable bonds is 4. The Bertz CT molecular complexity index is 789. The molecule has 2 aromatic carbocycles. The van der Waals surface area contributed by atoms with Gasteiger partial charge >= 0.3 is 6.18 Å². The number of hydrogen-bond donors (Lipinski definition) is 0. The van der Waals surface area contributed by atoms with E-state index in [-0.39, 0.29) is 17.0 Å². The Labute approximate surface area is 140 Å². The van der Waals surface area contributed by atoms with Crippen LogP contribution in [0.25, 0.3) is 0 Å². The summed E-state index contributed by atoms with van der Waals surface area (Å²) in [6.07, 6.45) is -2.90. The number of fused-ring (bicyclic) bond motifs is 1. The van der Waals surface area contributed by atoms with E-state index in [0.717, 1.165) is 29.5 Å². The molecule has 1 atom stereocenters. The number of benzene rings is 2. The van der Waals surface area contributed by atoms with E-state index in [2.05, 4.69) is 5.16 Å². The lowest BCUT2D eigenvalue weighted by atomic mass is 10.1. The SMILES string of the molecule is O=C1SC(/C=N/OCc2cccc(C(F)(F)F)c2)c2ccccc21. The van der Waals surface area contributed by atoms with Crippen LogP contribution in [0.2, 0.25) is 0 Å². The summed E-state index contributed by atoms with van der Waals surface area (Å²) < 4.78 is 37.9. The molecule has 0 fully saturated rings. The van der Waals surface area contributed by atoms with Gasteiger partial charge in [-0.15, -0.1) is 0 Å². The standard InChI is InChI=1S/C17H12F3NO2S/c18-17(19,20)12-5-3-4-11(8-12)10-23-21-9-15-13-6-1-2-7-14(13)16(22)24-15/h1-9,15H,10H2/b21-9+. The number of alkyl halides is 3. The molecule has 1 aliphatic heterocycles. The Morgan fingerprint density at radius 1 is 1.17 bits per heavy atom. The number of carbonyl (C=O) groups is 1. The highest BCUT2D eigenvalue weighted by atomic mass is 32.2. The second kappa shape index (κ2) is 6.68. The Balaban J connectivity index is 1.62. The van der Waals surface area contributed by atoms with Gasteiger partial charge in [0.05, 0.1) is 17.0 Å². The van der Waals surface area contributed by atoms with Crippen molar-refractivity contribution in [1.29, 1.82) is 0 Å². The normalized spacial score (nSPS) is 17.3. The molecule has 7 heteroatoms. The van der Waals surface area contributed by atoms with Crippen molar-refractivity contribution in [3.63, 3.8) is 0 Å². The third-order valence-corrected chi connectivity index (χ3v) is 4.54. The number of oxime groups is 1. The van der Waals surface area contributed by atoms with E-state index < -0.39 is 11.7 Å². The van der Waals surface area contributed by atoms with Crippen molar-refractivity contribution >= 4 is 23.1 Å². The number of halogens is 3. The van der Waals surface area contributed by atoms with Crippen LogP contribution in [-0.4, -0.2) is 11.3 Å². The second-order valence-electron chi connectivity index (χ2n) is 5.14. The van der Waals surface area contributed by atoms with Crippen molar-refractivity contribution < 1.29 is 22.8 Å². The summed E-state index contributed by atoms with van der Waals surface area (Å²) in [7, 11) is 0. The molecule has 0 saturated carbocycles. The fourth-order valence-corrected chi connectivity index (χ4v) is 3.32. The molecule has 0 aromatic heterocycles. The maximum Gasteiger partial charge on any atom is 0.416 e. The highest BCUT2D eigenvalue weighted by Crippen LogP contribution is 2.40. The highest BCUT2D eigenvalue weighted by molar-refractivity contribution is 8.15. The fraction of sp³-hybridized carbons (Fsp3) is 0.176. The topological polar surface area (TPSA) is 38.7 Å². The van der Waals surface area contributed by atoms with Crippen molar-refractivity contribution in [1.82, 2.24) is 0 Å². The van der Waals surface area contributed by atoms with Crippen molar-refractivity contribution in [2.24, 2.45) is 5.16 Å². The van der Waals surface area contributed by atoms with Gasteiger partial charge < -0.3 is 4.84 Å². The lowest BCUT2D eigenvalue weighted by molar-refractivity contribution is -0.137. The van der Waals surface area contributed by atoms with Gasteiger partial charge in [-0.25, -0.2) is 0 Å². The van der Waals surface area contributed by atoms with E-state index in [1.54, 1.807) is 12.1 Å². The molecule has 2 aromatic rings. The van der Waals surface area contributed by atoms with Crippen LogP contribution in [-0.2, 0) is 17.6 Å². The first kappa shape index (κ1) is 16.6. The minimum atomic E-state index is -4.39. The molecule has 124 valence electrons. The lowest BCUT2D eigenvalue weighted by Gasteiger charge is -2.08. The molecule has 1 aliphatic rings. The zero-order valence-corrected chi connectivity index (χ0v) is 13.1. The van der Waals surface area contributed by atoms with E-state index in [4.69, 9.17) is 4.84 Å². The van der Waals surface area contributed by atoms with E-state index in [9.17, 15) is 18.0 Å². The molecule has 0 aliphatic carbocycles. The van der Waals surface area contributed by atoms with Crippen LogP contribution in [0, 0.1) is 0 Å². The highest BCUT2D eigenvalue weighted by Gasteiger charge is 2.30. The van der Waals surface area contributed by atoms with Gasteiger partial charge in [-0.05, 0) is 23.3 Å². The maximum atomic E-state index is 12.6. The van der Waals surface area contributed by atoms with Crippen LogP contribution >= 0.6 is 11.8 Å². The summed E-state index contributed by atoms with van der Waals surface area (Å²) in [5, 5.41) is 3.53. The minimum Gasteiger partial charge on any atom is -0.391 e. The summed E-state index contributed by atoms with van der Waals surface area (Å²) in [6.45, 7) is -0.0760. The maximum absolute atomic E-state index is 12.6. The third-order valence-electron chi connectivity index (χ3n) is 3.48. The van der Waals surface area contributed by atoms with Gasteiger partial charge in [0.15, 0.2) is 0 Å². The summed E-state index contributed by atoms with van der Waals surface area (Å²) in [5.74, 6) is 0. The summed E-state index contributed by atoms with van der Waals surface area (Å²) in [6, 6.07) is 12.1. The minimum absolute atomic E-state index is 0.0278. The van der Waals surface area contributed by atoms with Gasteiger partial charge in [-0.2, -0.15) is 13.2 Å². The largest absolute Gasteiger partial charge is 0.416 e. The van der Waals surface area contributed by atoms with Crippen molar-refractivity contribution in [3.05, 3.63) is 70.8 Å². The molecule has 0 amide bonds. The van der Waals surface area contributed by atoms with E-state index in [0.29, 0.717) is 11.1 Å². The van der Waals surface area contributed by atoms with Gasteiger partial charge in [0.2, 0.25) is 5.12 Å². The van der Waals surface area contributed by atoms with Gasteiger partial charge in [-0.1, -0.05) is 53.3 Å². The van der Waals surface area contributed by atoms with E-state index >= 15 is 0 Å². The van der Waals surface area contributed by atoms with Crippen molar-refractivity contribution in [2.45, 2.75) is 18.0 Å². The van der Waals surface area contributed by atoms with Crippen LogP contribution in [0.4, 0.5) is 13.2 Å². The second-order valence-corrected chi connectivity index (χ2v) is 6.25. The number of thioether (sulfide) groups is 1. The molecule has 0 radical (unpaired) electrons. The van der Waals surface area contributed by atoms with Crippen LogP contribution in [0.1, 0.15) is 32.3 Å². The molecule has 24 heavy (non-hydrogen) atoms. The third kappa shape index (κ3) is 3.62. The average molecular weight is 351 g/mol. The zero-order chi connectivity index (χ0) is 17.2. The number of carbonyl (C=O) groups excluding carboxylic acids is 1. The zero-order valence-electron chi connectivity index (χ0n) is 12.3. The predicted molar refractivity (Wildman–Crippen MR) is 85.8 cm³/mol. The first-order chi connectivity index (χ1) is 11.4. The van der Waals surface area contributed by atoms with Gasteiger partial charge in [0, 0.05) is 5.56 Å². The Kier molecular flexibility index (Phi) is 4.62. The molecule has 1 unspecified atom stereocenters.